The van der Waals surface area contributed by atoms with Gasteiger partial charge in [0.2, 0.25) is 0 Å². The van der Waals surface area contributed by atoms with E-state index in [0.29, 0.717) is 18.2 Å². The van der Waals surface area contributed by atoms with Crippen LogP contribution in [0.4, 0.5) is 5.13 Å². The minimum Gasteiger partial charge on any atom is -0.451 e. The molecule has 0 aliphatic heterocycles. The fourth-order valence-corrected chi connectivity index (χ4v) is 3.62. The number of esters is 1. The second kappa shape index (κ2) is 9.29. The van der Waals surface area contributed by atoms with Crippen molar-refractivity contribution in [2.75, 3.05) is 19.0 Å². The topological polar surface area (TPSA) is 71.5 Å². The van der Waals surface area contributed by atoms with Gasteiger partial charge >= 0.3 is 5.97 Å². The molecule has 27 heavy (non-hydrogen) atoms. The van der Waals surface area contributed by atoms with Gasteiger partial charge in [-0.3, -0.25) is 4.79 Å². The number of amides is 1. The number of nitrogens with one attached hydrogen (secondary N) is 1. The molecule has 1 aromatic carbocycles. The lowest BCUT2D eigenvalue weighted by Gasteiger charge is -2.16. The normalized spacial score (nSPS) is 10.4. The van der Waals surface area contributed by atoms with Crippen LogP contribution in [0.15, 0.2) is 52.5 Å². The van der Waals surface area contributed by atoms with Gasteiger partial charge in [0.15, 0.2) is 17.4 Å². The molecule has 0 unspecified atom stereocenters. The van der Waals surface area contributed by atoms with E-state index in [0.717, 1.165) is 11.1 Å². The first-order valence-corrected chi connectivity index (χ1v) is 10.1. The number of anilines is 1. The van der Waals surface area contributed by atoms with Gasteiger partial charge in [-0.25, -0.2) is 9.78 Å². The molecule has 0 atom stereocenters. The number of thiophene rings is 1. The zero-order valence-corrected chi connectivity index (χ0v) is 16.4. The summed E-state index contributed by atoms with van der Waals surface area (Å²) in [6, 6.07) is 11.9. The quantitative estimate of drug-likeness (QED) is 0.584. The average molecular weight is 402 g/mol. The van der Waals surface area contributed by atoms with Crippen molar-refractivity contribution in [2.45, 2.75) is 13.1 Å². The minimum absolute atomic E-state index is 0.198. The number of rotatable bonds is 8. The van der Waals surface area contributed by atoms with E-state index in [2.05, 4.69) is 10.3 Å². The fraction of sp³-hybridized carbons (Fsp3) is 0.211. The summed E-state index contributed by atoms with van der Waals surface area (Å²) in [4.78, 5) is 29.9. The van der Waals surface area contributed by atoms with E-state index < -0.39 is 5.97 Å². The molecule has 6 nitrogen and oxygen atoms in total. The Morgan fingerprint density at radius 2 is 1.96 bits per heavy atom. The Hall–Kier alpha value is -2.71. The summed E-state index contributed by atoms with van der Waals surface area (Å²) in [7, 11) is 1.68. The van der Waals surface area contributed by atoms with Gasteiger partial charge in [0, 0.05) is 25.5 Å². The molecule has 140 valence electrons. The molecule has 0 bridgehead atoms. The lowest BCUT2D eigenvalue weighted by atomic mass is 10.2. The highest BCUT2D eigenvalue weighted by molar-refractivity contribution is 7.13. The fourth-order valence-electron chi connectivity index (χ4n) is 2.28. The number of nitrogens with zero attached hydrogens (tertiary/aromatic N) is 2. The molecule has 0 radical (unpaired) electrons. The van der Waals surface area contributed by atoms with Crippen LogP contribution in [0.5, 0.6) is 0 Å². The van der Waals surface area contributed by atoms with Crippen molar-refractivity contribution in [1.82, 2.24) is 9.88 Å². The molecule has 0 aliphatic rings. The standard InChI is InChI=1S/C19H19N3O3S2/c1-22(10-15-7-8-26-12-15)17(23)11-25-18(24)16-13-27-19(21-16)20-9-14-5-3-2-4-6-14/h2-8,12-13H,9-11H2,1H3,(H,20,21). The van der Waals surface area contributed by atoms with Crippen molar-refractivity contribution in [3.05, 3.63) is 69.4 Å². The molecule has 0 aliphatic carbocycles. The third-order valence-electron chi connectivity index (χ3n) is 3.75. The largest absolute Gasteiger partial charge is 0.451 e. The Morgan fingerprint density at radius 1 is 1.15 bits per heavy atom. The Balaban J connectivity index is 1.45. The molecule has 8 heteroatoms. The molecular formula is C19H19N3O3S2. The molecule has 0 saturated heterocycles. The second-order valence-corrected chi connectivity index (χ2v) is 7.47. The number of benzene rings is 1. The highest BCUT2D eigenvalue weighted by Gasteiger charge is 2.16. The third-order valence-corrected chi connectivity index (χ3v) is 5.28. The average Bonchev–Trinajstić information content (AvgIpc) is 3.37. The van der Waals surface area contributed by atoms with E-state index in [1.165, 1.54) is 16.2 Å². The van der Waals surface area contributed by atoms with Crippen LogP contribution in [0, 0.1) is 0 Å². The lowest BCUT2D eigenvalue weighted by molar-refractivity contribution is -0.133. The van der Waals surface area contributed by atoms with Crippen molar-refractivity contribution in [1.29, 1.82) is 0 Å². The maximum absolute atomic E-state index is 12.1. The number of likely N-dealkylation sites (N-methyl/N-ethyl adjacent to an activating group) is 1. The first-order valence-electron chi connectivity index (χ1n) is 8.27. The van der Waals surface area contributed by atoms with Crippen LogP contribution in [0.25, 0.3) is 0 Å². The van der Waals surface area contributed by atoms with Gasteiger partial charge in [-0.1, -0.05) is 30.3 Å². The SMILES string of the molecule is CN(Cc1ccsc1)C(=O)COC(=O)c1csc(NCc2ccccc2)n1. The molecule has 2 aromatic heterocycles. The summed E-state index contributed by atoms with van der Waals surface area (Å²) in [6.07, 6.45) is 0. The Kier molecular flexibility index (Phi) is 6.56. The van der Waals surface area contributed by atoms with Crippen LogP contribution in [0.1, 0.15) is 21.6 Å². The Morgan fingerprint density at radius 3 is 2.70 bits per heavy atom. The second-order valence-electron chi connectivity index (χ2n) is 5.83. The molecule has 1 amide bonds. The van der Waals surface area contributed by atoms with Gasteiger partial charge in [0.25, 0.3) is 5.91 Å². The van der Waals surface area contributed by atoms with E-state index in [4.69, 9.17) is 4.74 Å². The van der Waals surface area contributed by atoms with Crippen LogP contribution >= 0.6 is 22.7 Å². The number of ether oxygens (including phenoxy) is 1. The smallest absolute Gasteiger partial charge is 0.358 e. The van der Waals surface area contributed by atoms with Gasteiger partial charge in [-0.15, -0.1) is 11.3 Å². The lowest BCUT2D eigenvalue weighted by Crippen LogP contribution is -2.30. The van der Waals surface area contributed by atoms with Gasteiger partial charge in [-0.2, -0.15) is 11.3 Å². The number of hydrogen-bond donors (Lipinski definition) is 1. The summed E-state index contributed by atoms with van der Waals surface area (Å²) in [5.41, 5.74) is 2.37. The maximum Gasteiger partial charge on any atom is 0.358 e. The van der Waals surface area contributed by atoms with E-state index in [9.17, 15) is 9.59 Å². The zero-order chi connectivity index (χ0) is 19.1. The maximum atomic E-state index is 12.1. The van der Waals surface area contributed by atoms with Crippen LogP contribution in [-0.2, 0) is 22.6 Å². The molecule has 1 N–H and O–H groups in total. The van der Waals surface area contributed by atoms with Gasteiger partial charge < -0.3 is 15.0 Å². The van der Waals surface area contributed by atoms with Crippen molar-refractivity contribution < 1.29 is 14.3 Å². The van der Waals surface area contributed by atoms with E-state index in [-0.39, 0.29) is 18.2 Å². The summed E-state index contributed by atoms with van der Waals surface area (Å²) in [5.74, 6) is -0.858. The van der Waals surface area contributed by atoms with Crippen LogP contribution in [-0.4, -0.2) is 35.4 Å². The van der Waals surface area contributed by atoms with Crippen molar-refractivity contribution in [2.24, 2.45) is 0 Å². The highest BCUT2D eigenvalue weighted by Crippen LogP contribution is 2.17. The number of thiazole rings is 1. The molecule has 3 aromatic rings. The zero-order valence-electron chi connectivity index (χ0n) is 14.8. The molecule has 0 saturated carbocycles. The number of aromatic nitrogens is 1. The van der Waals surface area contributed by atoms with Crippen molar-refractivity contribution >= 4 is 39.7 Å². The summed E-state index contributed by atoms with van der Waals surface area (Å²) >= 11 is 2.90. The van der Waals surface area contributed by atoms with Crippen LogP contribution in [0.3, 0.4) is 0 Å². The summed E-state index contributed by atoms with van der Waals surface area (Å²) in [6.45, 7) is 0.808. The highest BCUT2D eigenvalue weighted by atomic mass is 32.1. The van der Waals surface area contributed by atoms with Gasteiger partial charge in [0.05, 0.1) is 0 Å². The monoisotopic (exact) mass is 401 g/mol. The van der Waals surface area contributed by atoms with E-state index in [1.54, 1.807) is 23.8 Å². The third kappa shape index (κ3) is 5.63. The predicted octanol–water partition coefficient (Wildman–Crippen LogP) is 3.63. The molecule has 0 spiro atoms. The van der Waals surface area contributed by atoms with Crippen molar-refractivity contribution in [3.8, 4) is 0 Å². The first-order chi connectivity index (χ1) is 13.1. The number of carbonyl (C=O) groups is 2. The number of carbonyl (C=O) groups excluding carboxylic acids is 2. The van der Waals surface area contributed by atoms with Gasteiger partial charge in [-0.05, 0) is 28.0 Å². The molecule has 2 heterocycles. The van der Waals surface area contributed by atoms with Crippen molar-refractivity contribution in [3.63, 3.8) is 0 Å². The predicted molar refractivity (Wildman–Crippen MR) is 107 cm³/mol. The molecule has 0 fully saturated rings. The Labute approximate surface area is 165 Å². The van der Waals surface area contributed by atoms with Crippen LogP contribution in [0.2, 0.25) is 0 Å². The summed E-state index contributed by atoms with van der Waals surface area (Å²) in [5, 5.41) is 9.36. The Bertz CT molecular complexity index is 879. The first kappa shape index (κ1) is 19.1. The molecule has 3 rings (SSSR count). The van der Waals surface area contributed by atoms with Gasteiger partial charge in [0.1, 0.15) is 0 Å². The van der Waals surface area contributed by atoms with Crippen LogP contribution < -0.4 is 5.32 Å². The van der Waals surface area contributed by atoms with E-state index in [1.807, 2.05) is 47.2 Å². The minimum atomic E-state index is -0.601. The molecular weight excluding hydrogens is 382 g/mol. The van der Waals surface area contributed by atoms with E-state index >= 15 is 0 Å². The summed E-state index contributed by atoms with van der Waals surface area (Å²) < 4.78 is 5.10. The number of hydrogen-bond acceptors (Lipinski definition) is 7.